The van der Waals surface area contributed by atoms with Gasteiger partial charge >= 0.3 is 6.03 Å². The Morgan fingerprint density at radius 3 is 2.39 bits per heavy atom. The molecule has 4 aliphatic carbocycles. The second-order valence-electron chi connectivity index (χ2n) is 11.3. The standard InChI is InChI=1S/C27H41N3O3/c1-6-30(7-2)25(33)29(5)24(32)19-16-18-15-17(23(28)31)10-14-27(18,4)21-11-13-26(3)12-8-9-20(26)22(19)21/h15-16,19-22H,6-14H2,1-5H3,(H2,28,31)/t19-,20-,21-,22-,26-,27-/m0/s1. The van der Waals surface area contributed by atoms with Crippen LogP contribution in [0.2, 0.25) is 0 Å². The molecule has 4 amide bonds. The topological polar surface area (TPSA) is 83.7 Å². The summed E-state index contributed by atoms with van der Waals surface area (Å²) < 4.78 is 0. The van der Waals surface area contributed by atoms with Crippen LogP contribution >= 0.6 is 0 Å². The number of urea groups is 1. The molecule has 4 rings (SSSR count). The van der Waals surface area contributed by atoms with E-state index in [4.69, 9.17) is 5.73 Å². The van der Waals surface area contributed by atoms with Crippen LogP contribution < -0.4 is 5.73 Å². The number of nitrogens with zero attached hydrogens (tertiary/aromatic N) is 2. The van der Waals surface area contributed by atoms with Gasteiger partial charge < -0.3 is 10.6 Å². The molecule has 2 saturated carbocycles. The summed E-state index contributed by atoms with van der Waals surface area (Å²) in [5.74, 6) is 0.302. The van der Waals surface area contributed by atoms with Gasteiger partial charge in [0, 0.05) is 25.7 Å². The summed E-state index contributed by atoms with van der Waals surface area (Å²) in [5.41, 5.74) is 7.60. The number of hydrogen-bond donors (Lipinski definition) is 1. The average Bonchev–Trinajstić information content (AvgIpc) is 3.19. The summed E-state index contributed by atoms with van der Waals surface area (Å²) in [5, 5.41) is 0. The van der Waals surface area contributed by atoms with Gasteiger partial charge in [-0.15, -0.1) is 0 Å². The number of carbonyl (C=O) groups is 3. The molecule has 182 valence electrons. The van der Waals surface area contributed by atoms with Gasteiger partial charge in [0.15, 0.2) is 0 Å². The van der Waals surface area contributed by atoms with Crippen molar-refractivity contribution in [2.24, 2.45) is 40.2 Å². The lowest BCUT2D eigenvalue weighted by atomic mass is 9.46. The molecule has 0 aliphatic heterocycles. The Hall–Kier alpha value is -2.11. The summed E-state index contributed by atoms with van der Waals surface area (Å²) in [6.45, 7) is 9.77. The van der Waals surface area contributed by atoms with Crippen LogP contribution in [0, 0.1) is 34.5 Å². The Kier molecular flexibility index (Phi) is 6.25. The van der Waals surface area contributed by atoms with Crippen LogP contribution in [0.1, 0.15) is 72.6 Å². The third-order valence-corrected chi connectivity index (χ3v) is 9.86. The van der Waals surface area contributed by atoms with E-state index in [1.165, 1.54) is 24.2 Å². The summed E-state index contributed by atoms with van der Waals surface area (Å²) in [7, 11) is 1.63. The van der Waals surface area contributed by atoms with E-state index in [2.05, 4.69) is 19.9 Å². The van der Waals surface area contributed by atoms with E-state index < -0.39 is 0 Å². The summed E-state index contributed by atoms with van der Waals surface area (Å²) in [6.07, 6.45) is 11.6. The molecule has 0 heterocycles. The first-order chi connectivity index (χ1) is 15.6. The lowest BCUT2D eigenvalue weighted by Gasteiger charge is -2.58. The normalized spacial score (nSPS) is 37.1. The van der Waals surface area contributed by atoms with Crippen molar-refractivity contribution in [3.05, 3.63) is 23.3 Å². The maximum Gasteiger partial charge on any atom is 0.326 e. The van der Waals surface area contributed by atoms with E-state index in [1.54, 1.807) is 11.9 Å². The zero-order chi connectivity index (χ0) is 24.1. The number of carbonyl (C=O) groups excluding carboxylic acids is 3. The van der Waals surface area contributed by atoms with Crippen molar-refractivity contribution >= 4 is 17.8 Å². The maximum absolute atomic E-state index is 13.9. The number of rotatable bonds is 4. The van der Waals surface area contributed by atoms with Gasteiger partial charge in [0.1, 0.15) is 0 Å². The smallest absolute Gasteiger partial charge is 0.326 e. The van der Waals surface area contributed by atoms with Crippen molar-refractivity contribution in [2.45, 2.75) is 72.6 Å². The van der Waals surface area contributed by atoms with Gasteiger partial charge in [-0.25, -0.2) is 4.79 Å². The second-order valence-corrected chi connectivity index (χ2v) is 11.3. The number of imide groups is 1. The summed E-state index contributed by atoms with van der Waals surface area (Å²) in [4.78, 5) is 42.0. The van der Waals surface area contributed by atoms with Crippen molar-refractivity contribution < 1.29 is 14.4 Å². The quantitative estimate of drug-likeness (QED) is 0.677. The molecule has 33 heavy (non-hydrogen) atoms. The molecule has 0 aromatic rings. The number of allylic oxidation sites excluding steroid dienone is 2. The Labute approximate surface area is 198 Å². The van der Waals surface area contributed by atoms with Crippen LogP contribution in [0.4, 0.5) is 4.79 Å². The Morgan fingerprint density at radius 1 is 1.06 bits per heavy atom. The SMILES string of the molecule is CCN(CC)C(=O)N(C)C(=O)[C@H]1C=C2C=C(C(N)=O)CC[C@]2(C)[C@H]2CC[C@]3(C)CCC[C@H]3[C@H]12. The molecule has 2 fully saturated rings. The minimum Gasteiger partial charge on any atom is -0.366 e. The van der Waals surface area contributed by atoms with Gasteiger partial charge in [0.2, 0.25) is 11.8 Å². The lowest BCUT2D eigenvalue weighted by molar-refractivity contribution is -0.138. The van der Waals surface area contributed by atoms with Crippen LogP contribution in [-0.2, 0) is 9.59 Å². The van der Waals surface area contributed by atoms with E-state index in [-0.39, 0.29) is 40.5 Å². The number of hydrogen-bond acceptors (Lipinski definition) is 3. The monoisotopic (exact) mass is 455 g/mol. The molecular weight excluding hydrogens is 414 g/mol. The number of nitrogens with two attached hydrogens (primary N) is 1. The van der Waals surface area contributed by atoms with E-state index in [0.717, 1.165) is 24.8 Å². The van der Waals surface area contributed by atoms with Crippen LogP contribution in [0.15, 0.2) is 23.3 Å². The first kappa shape index (κ1) is 24.0. The molecule has 0 bridgehead atoms. The van der Waals surface area contributed by atoms with Crippen molar-refractivity contribution in [3.63, 3.8) is 0 Å². The van der Waals surface area contributed by atoms with Crippen molar-refractivity contribution in [1.82, 2.24) is 9.80 Å². The molecule has 0 aromatic heterocycles. The Morgan fingerprint density at radius 2 is 1.76 bits per heavy atom. The molecule has 0 saturated heterocycles. The van der Waals surface area contributed by atoms with Crippen LogP contribution in [-0.4, -0.2) is 47.8 Å². The highest BCUT2D eigenvalue weighted by Crippen LogP contribution is 2.65. The van der Waals surface area contributed by atoms with Gasteiger partial charge in [0.05, 0.1) is 5.92 Å². The number of amides is 4. The number of fused-ring (bicyclic) bond motifs is 5. The average molecular weight is 456 g/mol. The molecule has 0 unspecified atom stereocenters. The molecule has 0 radical (unpaired) electrons. The molecule has 0 spiro atoms. The molecular formula is C27H41N3O3. The van der Waals surface area contributed by atoms with Gasteiger partial charge in [-0.05, 0) is 86.5 Å². The fourth-order valence-electron chi connectivity index (χ4n) is 7.79. The first-order valence-corrected chi connectivity index (χ1v) is 12.9. The van der Waals surface area contributed by atoms with Crippen molar-refractivity contribution in [2.75, 3.05) is 20.1 Å². The predicted octanol–water partition coefficient (Wildman–Crippen LogP) is 4.51. The maximum atomic E-state index is 13.9. The van der Waals surface area contributed by atoms with Crippen LogP contribution in [0.3, 0.4) is 0 Å². The van der Waals surface area contributed by atoms with Gasteiger partial charge in [-0.1, -0.05) is 32.4 Å². The predicted molar refractivity (Wildman–Crippen MR) is 129 cm³/mol. The van der Waals surface area contributed by atoms with Gasteiger partial charge in [-0.2, -0.15) is 0 Å². The number of primary amides is 1. The minimum atomic E-state index is -0.371. The largest absolute Gasteiger partial charge is 0.366 e. The molecule has 6 heteroatoms. The highest BCUT2D eigenvalue weighted by molar-refractivity contribution is 5.97. The van der Waals surface area contributed by atoms with Crippen molar-refractivity contribution in [1.29, 1.82) is 0 Å². The highest BCUT2D eigenvalue weighted by atomic mass is 16.2. The van der Waals surface area contributed by atoms with Gasteiger partial charge in [-0.3, -0.25) is 14.5 Å². The molecule has 2 N–H and O–H groups in total. The van der Waals surface area contributed by atoms with E-state index in [9.17, 15) is 14.4 Å². The molecule has 6 atom stereocenters. The van der Waals surface area contributed by atoms with E-state index >= 15 is 0 Å². The highest BCUT2D eigenvalue weighted by Gasteiger charge is 2.59. The Bertz CT molecular complexity index is 904. The van der Waals surface area contributed by atoms with Crippen molar-refractivity contribution in [3.8, 4) is 0 Å². The third kappa shape index (κ3) is 3.74. The summed E-state index contributed by atoms with van der Waals surface area (Å²) >= 11 is 0. The second kappa shape index (κ2) is 8.59. The Balaban J connectivity index is 1.79. The third-order valence-electron chi connectivity index (χ3n) is 9.86. The van der Waals surface area contributed by atoms with E-state index in [1.807, 2.05) is 19.9 Å². The van der Waals surface area contributed by atoms with Gasteiger partial charge in [0.25, 0.3) is 0 Å². The van der Waals surface area contributed by atoms with E-state index in [0.29, 0.717) is 36.9 Å². The van der Waals surface area contributed by atoms with Crippen LogP contribution in [0.25, 0.3) is 0 Å². The lowest BCUT2D eigenvalue weighted by Crippen LogP contribution is -2.55. The fourth-order valence-corrected chi connectivity index (χ4v) is 7.79. The van der Waals surface area contributed by atoms with Crippen LogP contribution in [0.5, 0.6) is 0 Å². The zero-order valence-corrected chi connectivity index (χ0v) is 21.0. The minimum absolute atomic E-state index is 0.0498. The molecule has 0 aromatic carbocycles. The zero-order valence-electron chi connectivity index (χ0n) is 21.0. The fraction of sp³-hybridized carbons (Fsp3) is 0.741. The molecule has 6 nitrogen and oxygen atoms in total. The molecule has 4 aliphatic rings. The summed E-state index contributed by atoms with van der Waals surface area (Å²) in [6, 6.07) is -0.227. The first-order valence-electron chi connectivity index (χ1n) is 12.9.